The Morgan fingerprint density at radius 1 is 0.929 bits per heavy atom. The van der Waals surface area contributed by atoms with Crippen molar-refractivity contribution in [2.75, 3.05) is 36.4 Å². The van der Waals surface area contributed by atoms with Gasteiger partial charge in [-0.05, 0) is 42.5 Å². The zero-order valence-corrected chi connectivity index (χ0v) is 15.9. The van der Waals surface area contributed by atoms with Crippen molar-refractivity contribution < 1.29 is 4.79 Å². The number of benzene rings is 1. The monoisotopic (exact) mass is 394 g/mol. The third-order valence-corrected chi connectivity index (χ3v) is 4.78. The van der Waals surface area contributed by atoms with Gasteiger partial charge in [-0.3, -0.25) is 4.79 Å². The molecule has 2 aromatic heterocycles. The number of anilines is 3. The van der Waals surface area contributed by atoms with Gasteiger partial charge in [0.15, 0.2) is 0 Å². The van der Waals surface area contributed by atoms with Crippen LogP contribution in [0.4, 0.5) is 17.5 Å². The molecule has 1 saturated heterocycles. The second-order valence-corrected chi connectivity index (χ2v) is 6.83. The van der Waals surface area contributed by atoms with E-state index in [-0.39, 0.29) is 5.91 Å². The Balaban J connectivity index is 1.35. The quantitative estimate of drug-likeness (QED) is 0.732. The average Bonchev–Trinajstić information content (AvgIpc) is 2.76. The molecule has 7 nitrogen and oxygen atoms in total. The van der Waals surface area contributed by atoms with E-state index in [1.807, 2.05) is 29.2 Å². The Kier molecular flexibility index (Phi) is 5.34. The SMILES string of the molecule is O=C(c1ccc(Nc2ccc(Cl)cc2)nc1)N1CCN(c2ncccn2)CC1. The number of amides is 1. The second kappa shape index (κ2) is 8.22. The highest BCUT2D eigenvalue weighted by molar-refractivity contribution is 6.30. The van der Waals surface area contributed by atoms with Crippen LogP contribution in [-0.4, -0.2) is 51.9 Å². The molecule has 8 heteroatoms. The van der Waals surface area contributed by atoms with Gasteiger partial charge in [0.25, 0.3) is 5.91 Å². The smallest absolute Gasteiger partial charge is 0.255 e. The second-order valence-electron chi connectivity index (χ2n) is 6.39. The first-order chi connectivity index (χ1) is 13.7. The normalized spacial score (nSPS) is 14.0. The summed E-state index contributed by atoms with van der Waals surface area (Å²) < 4.78 is 0. The minimum atomic E-state index is -0.0147. The van der Waals surface area contributed by atoms with E-state index in [0.717, 1.165) is 5.69 Å². The van der Waals surface area contributed by atoms with Crippen molar-refractivity contribution in [2.45, 2.75) is 0 Å². The third-order valence-electron chi connectivity index (χ3n) is 4.53. The molecule has 4 rings (SSSR count). The van der Waals surface area contributed by atoms with Gasteiger partial charge in [0, 0.05) is 55.5 Å². The lowest BCUT2D eigenvalue weighted by Gasteiger charge is -2.34. The molecule has 0 bridgehead atoms. The van der Waals surface area contributed by atoms with E-state index in [4.69, 9.17) is 11.6 Å². The lowest BCUT2D eigenvalue weighted by Crippen LogP contribution is -2.49. The van der Waals surface area contributed by atoms with Crippen LogP contribution in [0.5, 0.6) is 0 Å². The molecule has 1 aliphatic heterocycles. The Bertz CT molecular complexity index is 925. The molecular weight excluding hydrogens is 376 g/mol. The fourth-order valence-corrected chi connectivity index (χ4v) is 3.15. The molecule has 0 atom stereocenters. The highest BCUT2D eigenvalue weighted by Crippen LogP contribution is 2.18. The van der Waals surface area contributed by atoms with Crippen molar-refractivity contribution in [1.82, 2.24) is 19.9 Å². The summed E-state index contributed by atoms with van der Waals surface area (Å²) in [6, 6.07) is 12.7. The molecule has 1 amide bonds. The molecule has 1 aliphatic rings. The van der Waals surface area contributed by atoms with Crippen molar-refractivity contribution in [3.05, 3.63) is 71.6 Å². The zero-order chi connectivity index (χ0) is 19.3. The fraction of sp³-hybridized carbons (Fsp3) is 0.200. The van der Waals surface area contributed by atoms with Crippen LogP contribution in [0.3, 0.4) is 0 Å². The highest BCUT2D eigenvalue weighted by Gasteiger charge is 2.23. The van der Waals surface area contributed by atoms with Crippen molar-refractivity contribution >= 4 is 35.0 Å². The Labute approximate surface area is 168 Å². The minimum absolute atomic E-state index is 0.0147. The summed E-state index contributed by atoms with van der Waals surface area (Å²) in [6.45, 7) is 2.67. The molecular formula is C20H19ClN6O. The Morgan fingerprint density at radius 2 is 1.64 bits per heavy atom. The molecule has 1 fully saturated rings. The van der Waals surface area contributed by atoms with Crippen molar-refractivity contribution in [2.24, 2.45) is 0 Å². The number of halogens is 1. The van der Waals surface area contributed by atoms with Gasteiger partial charge in [0.1, 0.15) is 5.82 Å². The van der Waals surface area contributed by atoms with Crippen LogP contribution < -0.4 is 10.2 Å². The van der Waals surface area contributed by atoms with Crippen LogP contribution in [0.2, 0.25) is 5.02 Å². The summed E-state index contributed by atoms with van der Waals surface area (Å²) in [4.78, 5) is 29.6. The van der Waals surface area contributed by atoms with Crippen LogP contribution in [0, 0.1) is 0 Å². The summed E-state index contributed by atoms with van der Waals surface area (Å²) in [5.74, 6) is 1.36. The number of aromatic nitrogens is 3. The van der Waals surface area contributed by atoms with E-state index in [9.17, 15) is 4.79 Å². The van der Waals surface area contributed by atoms with E-state index < -0.39 is 0 Å². The maximum atomic E-state index is 12.8. The topological polar surface area (TPSA) is 74.2 Å². The van der Waals surface area contributed by atoms with Crippen LogP contribution in [0.1, 0.15) is 10.4 Å². The molecule has 142 valence electrons. The predicted octanol–water partition coefficient (Wildman–Crippen LogP) is 3.23. The number of rotatable bonds is 4. The fourth-order valence-electron chi connectivity index (χ4n) is 3.02. The van der Waals surface area contributed by atoms with Crippen molar-refractivity contribution in [3.8, 4) is 0 Å². The standard InChI is InChI=1S/C20H19ClN6O/c21-16-3-5-17(6-4-16)25-18-7-2-15(14-24-18)19(28)26-10-12-27(13-11-26)20-22-8-1-9-23-20/h1-9,14H,10-13H2,(H,24,25). The number of piperazine rings is 1. The van der Waals surface area contributed by atoms with E-state index in [2.05, 4.69) is 25.2 Å². The van der Waals surface area contributed by atoms with Gasteiger partial charge >= 0.3 is 0 Å². The molecule has 0 saturated carbocycles. The molecule has 28 heavy (non-hydrogen) atoms. The molecule has 0 unspecified atom stereocenters. The van der Waals surface area contributed by atoms with E-state index >= 15 is 0 Å². The molecule has 1 N–H and O–H groups in total. The van der Waals surface area contributed by atoms with Gasteiger partial charge < -0.3 is 15.1 Å². The van der Waals surface area contributed by atoms with Crippen LogP contribution in [-0.2, 0) is 0 Å². The Hall–Kier alpha value is -3.19. The summed E-state index contributed by atoms with van der Waals surface area (Å²) >= 11 is 5.89. The highest BCUT2D eigenvalue weighted by atomic mass is 35.5. The van der Waals surface area contributed by atoms with Crippen molar-refractivity contribution in [1.29, 1.82) is 0 Å². The number of pyridine rings is 1. The van der Waals surface area contributed by atoms with Crippen molar-refractivity contribution in [3.63, 3.8) is 0 Å². The number of nitrogens with zero attached hydrogens (tertiary/aromatic N) is 5. The molecule has 0 aliphatic carbocycles. The molecule has 0 spiro atoms. The summed E-state index contributed by atoms with van der Waals surface area (Å²) in [7, 11) is 0. The average molecular weight is 395 g/mol. The van der Waals surface area contributed by atoms with Crippen LogP contribution in [0.25, 0.3) is 0 Å². The number of carbonyl (C=O) groups excluding carboxylic acids is 1. The number of hydrogen-bond acceptors (Lipinski definition) is 6. The van der Waals surface area contributed by atoms with Crippen LogP contribution >= 0.6 is 11.6 Å². The van der Waals surface area contributed by atoms with Gasteiger partial charge in [-0.1, -0.05) is 11.6 Å². The lowest BCUT2D eigenvalue weighted by molar-refractivity contribution is 0.0746. The summed E-state index contributed by atoms with van der Waals surface area (Å²) in [5, 5.41) is 3.86. The first-order valence-corrected chi connectivity index (χ1v) is 9.37. The third kappa shape index (κ3) is 4.20. The number of nitrogens with one attached hydrogen (secondary N) is 1. The summed E-state index contributed by atoms with van der Waals surface area (Å²) in [5.41, 5.74) is 1.46. The molecule has 1 aromatic carbocycles. The number of hydrogen-bond donors (Lipinski definition) is 1. The van der Waals surface area contributed by atoms with Gasteiger partial charge in [-0.2, -0.15) is 0 Å². The molecule has 3 aromatic rings. The molecule has 3 heterocycles. The summed E-state index contributed by atoms with van der Waals surface area (Å²) in [6.07, 6.45) is 5.06. The largest absolute Gasteiger partial charge is 0.340 e. The number of carbonyl (C=O) groups is 1. The van der Waals surface area contributed by atoms with Gasteiger partial charge in [-0.15, -0.1) is 0 Å². The van der Waals surface area contributed by atoms with Crippen LogP contribution in [0.15, 0.2) is 61.1 Å². The van der Waals surface area contributed by atoms with E-state index in [1.165, 1.54) is 0 Å². The van der Waals surface area contributed by atoms with Gasteiger partial charge in [0.05, 0.1) is 5.56 Å². The van der Waals surface area contributed by atoms with Gasteiger partial charge in [0.2, 0.25) is 5.95 Å². The Morgan fingerprint density at radius 3 is 2.29 bits per heavy atom. The maximum Gasteiger partial charge on any atom is 0.255 e. The van der Waals surface area contributed by atoms with Gasteiger partial charge in [-0.25, -0.2) is 15.0 Å². The lowest BCUT2D eigenvalue weighted by atomic mass is 10.2. The van der Waals surface area contributed by atoms with E-state index in [0.29, 0.717) is 48.5 Å². The molecule has 0 radical (unpaired) electrons. The van der Waals surface area contributed by atoms with E-state index in [1.54, 1.807) is 36.8 Å². The predicted molar refractivity (Wildman–Crippen MR) is 109 cm³/mol. The minimum Gasteiger partial charge on any atom is -0.340 e. The zero-order valence-electron chi connectivity index (χ0n) is 15.1. The first kappa shape index (κ1) is 18.2. The maximum absolute atomic E-state index is 12.8. The first-order valence-electron chi connectivity index (χ1n) is 8.99.